The van der Waals surface area contributed by atoms with Crippen molar-refractivity contribution in [3.8, 4) is 0 Å². The quantitative estimate of drug-likeness (QED) is 0.397. The minimum atomic E-state index is -3.50. The third-order valence-electron chi connectivity index (χ3n) is 0.914. The zero-order chi connectivity index (χ0) is 9.83. The fraction of sp³-hybridized carbons (Fsp3) is 1.00. The first-order valence-electron chi connectivity index (χ1n) is 3.16. The number of hydrogen-bond donors (Lipinski definition) is 0. The van der Waals surface area contributed by atoms with Gasteiger partial charge in [0, 0.05) is 0 Å². The maximum atomic E-state index is 11.2. The summed E-state index contributed by atoms with van der Waals surface area (Å²) < 4.78 is 26.8. The summed E-state index contributed by atoms with van der Waals surface area (Å²) in [7, 11) is -3.50. The minimum Gasteiger partial charge on any atom is -0.223 e. The van der Waals surface area contributed by atoms with Gasteiger partial charge in [0.05, 0.1) is 12.4 Å². The van der Waals surface area contributed by atoms with Crippen molar-refractivity contribution in [2.24, 2.45) is 0 Å². The topological polar surface area (TPSA) is 52.6 Å². The summed E-state index contributed by atoms with van der Waals surface area (Å²) >= 11 is 9.21. The Balaban J connectivity index is 4.65. The average molecular weight is 250 g/mol. The molecular weight excluding hydrogens is 240 g/mol. The Bertz CT molecular complexity index is 313. The highest BCUT2D eigenvalue weighted by molar-refractivity contribution is 8.93. The van der Waals surface area contributed by atoms with E-state index in [0.717, 1.165) is 0 Å². The Morgan fingerprint density at radius 3 is 2.08 bits per heavy atom. The first-order chi connectivity index (χ1) is 5.37. The van der Waals surface area contributed by atoms with Crippen LogP contribution in [0.25, 0.3) is 0 Å². The molecule has 0 aromatic heterocycles. The molecule has 0 atom stereocenters. The Labute approximate surface area is 81.5 Å². The van der Waals surface area contributed by atoms with Crippen LogP contribution in [0.3, 0.4) is 0 Å². The molecule has 0 radical (unpaired) electrons. The van der Waals surface area contributed by atoms with Gasteiger partial charge in [0.15, 0.2) is 6.46 Å². The molecule has 4 nitrogen and oxygen atoms in total. The van der Waals surface area contributed by atoms with Crippen molar-refractivity contribution in [3.05, 3.63) is 0 Å². The van der Waals surface area contributed by atoms with E-state index in [1.165, 1.54) is 6.92 Å². The van der Waals surface area contributed by atoms with Gasteiger partial charge in [-0.3, -0.25) is 0 Å². The van der Waals surface area contributed by atoms with Crippen molar-refractivity contribution < 1.29 is 17.6 Å². The van der Waals surface area contributed by atoms with Crippen LogP contribution in [-0.4, -0.2) is 20.8 Å². The van der Waals surface area contributed by atoms with Crippen LogP contribution in [0.4, 0.5) is 0 Å². The molecule has 0 fully saturated rings. The maximum absolute atomic E-state index is 11.2. The largest absolute Gasteiger partial charge is 0.232 e. The van der Waals surface area contributed by atoms with Gasteiger partial charge in [0.25, 0.3) is 0 Å². The van der Waals surface area contributed by atoms with E-state index >= 15 is 0 Å². The van der Waals surface area contributed by atoms with E-state index in [-0.39, 0.29) is 12.4 Å². The van der Waals surface area contributed by atoms with Gasteiger partial charge in [-0.15, -0.1) is 4.33 Å². The highest BCUT2D eigenvalue weighted by atomic mass is 33.5. The summed E-state index contributed by atoms with van der Waals surface area (Å²) in [5.74, 6) is -0.123. The van der Waals surface area contributed by atoms with E-state index < -0.39 is 15.3 Å². The van der Waals surface area contributed by atoms with Crippen LogP contribution >= 0.6 is 0 Å². The molecule has 0 bridgehead atoms. The first-order valence-corrected chi connectivity index (χ1v) is 8.74. The molecule has 0 aliphatic carbocycles. The van der Waals surface area contributed by atoms with E-state index in [2.05, 4.69) is 31.6 Å². The molecule has 8 heteroatoms. The van der Waals surface area contributed by atoms with Gasteiger partial charge in [0.2, 0.25) is 8.87 Å². The van der Waals surface area contributed by atoms with Crippen molar-refractivity contribution in [1.82, 2.24) is 0 Å². The lowest BCUT2D eigenvalue weighted by Crippen LogP contribution is -2.18. The maximum Gasteiger partial charge on any atom is 0.232 e. The molecule has 0 saturated heterocycles. The summed E-state index contributed by atoms with van der Waals surface area (Å²) in [6.45, 7) is 0.383. The highest BCUT2D eigenvalue weighted by Gasteiger charge is 2.21. The zero-order valence-electron chi connectivity index (χ0n) is 6.68. The molecule has 0 spiro atoms. The Kier molecular flexibility index (Phi) is 5.04. The molecular formula is C4H10O4S4. The van der Waals surface area contributed by atoms with E-state index in [1.807, 2.05) is 0 Å². The third-order valence-corrected chi connectivity index (χ3v) is 9.31. The molecule has 0 aromatic carbocycles. The summed E-state index contributed by atoms with van der Waals surface area (Å²) in [6.07, 6.45) is 0. The molecule has 0 amide bonds. The Hall–Kier alpha value is 0.660. The molecule has 0 aromatic rings. The monoisotopic (exact) mass is 250 g/mol. The van der Waals surface area contributed by atoms with Gasteiger partial charge in [-0.25, -0.2) is 13.3 Å². The standard InChI is InChI=1S/C4H10O4S4/c1-3-7-8-12(9,10)11(5,6)4-2/h3-4H2,1-2H3. The molecule has 0 aliphatic heterocycles. The number of rotatable bonds is 5. The lowest BCUT2D eigenvalue weighted by atomic mass is 10.9. The van der Waals surface area contributed by atoms with Gasteiger partial charge in [-0.2, -0.15) is 0 Å². The molecule has 0 N–H and O–H groups in total. The van der Waals surface area contributed by atoms with Crippen LogP contribution in [0.15, 0.2) is 0 Å². The smallest absolute Gasteiger partial charge is 0.223 e. The Morgan fingerprint density at radius 1 is 1.25 bits per heavy atom. The van der Waals surface area contributed by atoms with Crippen molar-refractivity contribution in [2.45, 2.75) is 13.8 Å². The molecule has 12 heavy (non-hydrogen) atoms. The summed E-state index contributed by atoms with van der Waals surface area (Å²) in [4.78, 5) is 4.44. The fourth-order valence-electron chi connectivity index (χ4n) is 0.294. The molecule has 0 heterocycles. The minimum absolute atomic E-state index is 0.123. The first kappa shape index (κ1) is 12.7. The van der Waals surface area contributed by atoms with E-state index in [9.17, 15) is 8.42 Å². The normalized spacial score (nSPS) is 13.2. The van der Waals surface area contributed by atoms with Crippen LogP contribution < -0.4 is 0 Å². The van der Waals surface area contributed by atoms with E-state index in [0.29, 0.717) is 0 Å². The summed E-state index contributed by atoms with van der Waals surface area (Å²) in [6, 6.07) is 0. The van der Waals surface area contributed by atoms with Crippen molar-refractivity contribution in [1.29, 1.82) is 0 Å². The van der Waals surface area contributed by atoms with Crippen molar-refractivity contribution >= 4 is 37.7 Å². The van der Waals surface area contributed by atoms with Gasteiger partial charge < -0.3 is 0 Å². The summed E-state index contributed by atoms with van der Waals surface area (Å²) in [5, 5.41) is 0. The zero-order valence-corrected chi connectivity index (χ0v) is 9.95. The van der Waals surface area contributed by atoms with Crippen molar-refractivity contribution in [3.63, 3.8) is 0 Å². The Morgan fingerprint density at radius 2 is 1.75 bits per heavy atom. The van der Waals surface area contributed by atoms with Crippen LogP contribution in [0.5, 0.6) is 0 Å². The van der Waals surface area contributed by atoms with Crippen LogP contribution in [0.1, 0.15) is 13.8 Å². The van der Waals surface area contributed by atoms with E-state index in [4.69, 9.17) is 0 Å². The SMILES string of the molecule is CCOOS(=S)(=S)S(=O)(=O)CC. The van der Waals surface area contributed by atoms with Crippen LogP contribution in [0.2, 0.25) is 0 Å². The fourth-order valence-corrected chi connectivity index (χ4v) is 4.09. The van der Waals surface area contributed by atoms with Gasteiger partial charge >= 0.3 is 0 Å². The van der Waals surface area contributed by atoms with Gasteiger partial charge in [-0.05, 0) is 29.3 Å². The average Bonchev–Trinajstić information content (AvgIpc) is 2.00. The highest BCUT2D eigenvalue weighted by Crippen LogP contribution is 2.07. The molecule has 0 aliphatic rings. The molecule has 0 rings (SSSR count). The molecule has 0 saturated carbocycles. The van der Waals surface area contributed by atoms with Gasteiger partial charge in [-0.1, -0.05) is 6.92 Å². The lowest BCUT2D eigenvalue weighted by molar-refractivity contribution is -0.186. The van der Waals surface area contributed by atoms with Crippen LogP contribution in [-0.2, 0) is 46.9 Å². The predicted molar refractivity (Wildman–Crippen MR) is 54.3 cm³/mol. The van der Waals surface area contributed by atoms with Gasteiger partial charge in [0.1, 0.15) is 0 Å². The second-order valence-electron chi connectivity index (χ2n) is 1.73. The number of hydrogen-bond acceptors (Lipinski definition) is 6. The molecule has 0 unspecified atom stereocenters. The van der Waals surface area contributed by atoms with E-state index in [1.54, 1.807) is 6.92 Å². The predicted octanol–water partition coefficient (Wildman–Crippen LogP) is 0.297. The second-order valence-corrected chi connectivity index (χ2v) is 12.0. The lowest BCUT2D eigenvalue weighted by Gasteiger charge is -2.07. The molecule has 74 valence electrons. The van der Waals surface area contributed by atoms with Crippen LogP contribution in [0, 0.1) is 0 Å². The second kappa shape index (κ2) is 4.77. The van der Waals surface area contributed by atoms with Crippen molar-refractivity contribution in [2.75, 3.05) is 12.4 Å². The summed E-state index contributed by atoms with van der Waals surface area (Å²) in [5.41, 5.74) is 0. The third kappa shape index (κ3) is 3.19.